The Hall–Kier alpha value is -3.56. The molecule has 0 unspecified atom stereocenters. The molecule has 1 aliphatic heterocycles. The molecule has 31 heavy (non-hydrogen) atoms. The number of benzene rings is 2. The van der Waals surface area contributed by atoms with Crippen molar-refractivity contribution in [2.45, 2.75) is 0 Å². The van der Waals surface area contributed by atoms with Crippen molar-refractivity contribution in [3.8, 4) is 16.9 Å². The van der Waals surface area contributed by atoms with Gasteiger partial charge in [-0.1, -0.05) is 30.3 Å². The minimum Gasteiger partial charge on any atom is -0.314 e. The number of aromatic nitrogens is 2. The van der Waals surface area contributed by atoms with Gasteiger partial charge in [0.1, 0.15) is 0 Å². The van der Waals surface area contributed by atoms with Crippen LogP contribution in [0.25, 0.3) is 16.9 Å². The average Bonchev–Trinajstić information content (AvgIpc) is 3.14. The highest BCUT2D eigenvalue weighted by atomic mass is 16.6. The summed E-state index contributed by atoms with van der Waals surface area (Å²) in [6.45, 7) is 5.43. The standard InChI is InChI=1S/C22H24N6O3/c29-22-20(16-24-12-15-26-13-10-23-11-14-26)21(17-4-2-1-3-5-17)25-27(22)18-6-8-19(9-7-18)28(30)31/h1-9,16,23,25H,10-15H2. The summed E-state index contributed by atoms with van der Waals surface area (Å²) < 4.78 is 1.39. The predicted octanol–water partition coefficient (Wildman–Crippen LogP) is 2.06. The quantitative estimate of drug-likeness (QED) is 0.346. The highest BCUT2D eigenvalue weighted by molar-refractivity contribution is 5.88. The van der Waals surface area contributed by atoms with Gasteiger partial charge in [-0.3, -0.25) is 29.9 Å². The third kappa shape index (κ3) is 4.79. The summed E-state index contributed by atoms with van der Waals surface area (Å²) in [7, 11) is 0. The normalized spacial score (nSPS) is 14.8. The number of hydrogen-bond donors (Lipinski definition) is 2. The number of nitro groups is 1. The number of nitrogens with one attached hydrogen (secondary N) is 2. The largest absolute Gasteiger partial charge is 0.314 e. The fraction of sp³-hybridized carbons (Fsp3) is 0.273. The van der Waals surface area contributed by atoms with Crippen LogP contribution in [-0.2, 0) is 0 Å². The topological polar surface area (TPSA) is 109 Å². The first-order valence-electron chi connectivity index (χ1n) is 10.2. The number of nitrogens with zero attached hydrogens (tertiary/aromatic N) is 4. The molecule has 4 rings (SSSR count). The number of aromatic amines is 1. The number of hydrogen-bond acceptors (Lipinski definition) is 6. The maximum atomic E-state index is 13.2. The van der Waals surface area contributed by atoms with E-state index in [-0.39, 0.29) is 11.2 Å². The van der Waals surface area contributed by atoms with E-state index in [9.17, 15) is 14.9 Å². The molecule has 2 N–H and O–H groups in total. The van der Waals surface area contributed by atoms with Crippen LogP contribution in [0.1, 0.15) is 5.56 Å². The number of H-pyrrole nitrogens is 1. The molecular formula is C22H24N6O3. The van der Waals surface area contributed by atoms with Gasteiger partial charge in [0.05, 0.1) is 28.4 Å². The Morgan fingerprint density at radius 3 is 2.45 bits per heavy atom. The van der Waals surface area contributed by atoms with Gasteiger partial charge in [0.25, 0.3) is 11.2 Å². The van der Waals surface area contributed by atoms with Crippen LogP contribution in [-0.4, -0.2) is 65.1 Å². The summed E-state index contributed by atoms with van der Waals surface area (Å²) >= 11 is 0. The van der Waals surface area contributed by atoms with Gasteiger partial charge >= 0.3 is 0 Å². The fourth-order valence-electron chi connectivity index (χ4n) is 3.59. The second kappa shape index (κ2) is 9.50. The van der Waals surface area contributed by atoms with E-state index in [1.165, 1.54) is 16.8 Å². The number of nitro benzene ring substituents is 1. The molecule has 3 aromatic rings. The average molecular weight is 420 g/mol. The van der Waals surface area contributed by atoms with E-state index in [0.717, 1.165) is 38.3 Å². The van der Waals surface area contributed by atoms with Gasteiger partial charge in [-0.05, 0) is 12.1 Å². The van der Waals surface area contributed by atoms with Crippen LogP contribution in [0.5, 0.6) is 0 Å². The van der Waals surface area contributed by atoms with Gasteiger partial charge < -0.3 is 5.32 Å². The van der Waals surface area contributed by atoms with E-state index in [1.54, 1.807) is 18.3 Å². The molecule has 0 amide bonds. The smallest absolute Gasteiger partial charge is 0.280 e. The number of rotatable bonds is 7. The molecule has 1 saturated heterocycles. The van der Waals surface area contributed by atoms with Crippen molar-refractivity contribution in [1.82, 2.24) is 20.0 Å². The number of aliphatic imine (C=N–C) groups is 1. The number of non-ortho nitro benzene ring substituents is 1. The summed E-state index contributed by atoms with van der Waals surface area (Å²) in [5.41, 5.74) is 2.23. The lowest BCUT2D eigenvalue weighted by atomic mass is 10.1. The monoisotopic (exact) mass is 420 g/mol. The highest BCUT2D eigenvalue weighted by Crippen LogP contribution is 2.20. The zero-order chi connectivity index (χ0) is 21.6. The Kier molecular flexibility index (Phi) is 6.34. The molecule has 2 heterocycles. The van der Waals surface area contributed by atoms with Crippen molar-refractivity contribution >= 4 is 11.9 Å². The van der Waals surface area contributed by atoms with E-state index in [2.05, 4.69) is 20.3 Å². The molecule has 0 atom stereocenters. The molecule has 0 bridgehead atoms. The first kappa shape index (κ1) is 20.7. The lowest BCUT2D eigenvalue weighted by molar-refractivity contribution is -0.384. The van der Waals surface area contributed by atoms with Gasteiger partial charge in [0.2, 0.25) is 0 Å². The highest BCUT2D eigenvalue weighted by Gasteiger charge is 2.16. The molecule has 0 spiro atoms. The van der Waals surface area contributed by atoms with Crippen LogP contribution < -0.4 is 10.9 Å². The van der Waals surface area contributed by atoms with Gasteiger partial charge in [0.15, 0.2) is 0 Å². The maximum absolute atomic E-state index is 13.2. The van der Waals surface area contributed by atoms with E-state index >= 15 is 0 Å². The molecule has 0 radical (unpaired) electrons. The Morgan fingerprint density at radius 1 is 1.06 bits per heavy atom. The van der Waals surface area contributed by atoms with Crippen molar-refractivity contribution < 1.29 is 4.92 Å². The second-order valence-corrected chi connectivity index (χ2v) is 7.31. The van der Waals surface area contributed by atoms with Crippen molar-refractivity contribution in [3.05, 3.63) is 80.6 Å². The van der Waals surface area contributed by atoms with Crippen LogP contribution in [0.3, 0.4) is 0 Å². The van der Waals surface area contributed by atoms with Crippen LogP contribution >= 0.6 is 0 Å². The van der Waals surface area contributed by atoms with Crippen molar-refractivity contribution in [1.29, 1.82) is 0 Å². The van der Waals surface area contributed by atoms with Crippen LogP contribution in [0, 0.1) is 10.1 Å². The molecule has 1 aromatic heterocycles. The Morgan fingerprint density at radius 2 is 1.77 bits per heavy atom. The molecule has 0 aliphatic carbocycles. The van der Waals surface area contributed by atoms with Gasteiger partial charge in [-0.2, -0.15) is 0 Å². The van der Waals surface area contributed by atoms with E-state index in [1.807, 2.05) is 30.3 Å². The summed E-state index contributed by atoms with van der Waals surface area (Å²) in [6.07, 6.45) is 1.63. The second-order valence-electron chi connectivity index (χ2n) is 7.31. The van der Waals surface area contributed by atoms with Crippen molar-refractivity contribution in [2.24, 2.45) is 4.99 Å². The lowest BCUT2D eigenvalue weighted by Crippen LogP contribution is -2.44. The number of piperazine rings is 1. The molecule has 9 nitrogen and oxygen atoms in total. The van der Waals surface area contributed by atoms with Crippen LogP contribution in [0.4, 0.5) is 5.69 Å². The molecule has 1 fully saturated rings. The van der Waals surface area contributed by atoms with Crippen molar-refractivity contribution in [3.63, 3.8) is 0 Å². The molecule has 1 aliphatic rings. The maximum Gasteiger partial charge on any atom is 0.280 e. The Bertz CT molecular complexity index is 1110. The first-order valence-corrected chi connectivity index (χ1v) is 10.2. The summed E-state index contributed by atoms with van der Waals surface area (Å²) in [5, 5.41) is 17.4. The SMILES string of the molecule is O=c1c(C=NCCN2CCNCC2)c(-c2ccccc2)[nH]n1-c1ccc([N+](=O)[O-])cc1. The zero-order valence-electron chi connectivity index (χ0n) is 17.0. The van der Waals surface area contributed by atoms with Gasteiger partial charge in [0, 0.05) is 56.6 Å². The van der Waals surface area contributed by atoms with Gasteiger partial charge in [-0.25, -0.2) is 4.68 Å². The summed E-state index contributed by atoms with van der Waals surface area (Å²) in [4.78, 5) is 30.5. The van der Waals surface area contributed by atoms with Gasteiger partial charge in [-0.15, -0.1) is 0 Å². The van der Waals surface area contributed by atoms with E-state index in [0.29, 0.717) is 23.5 Å². The summed E-state index contributed by atoms with van der Waals surface area (Å²) in [5.74, 6) is 0. The third-order valence-electron chi connectivity index (χ3n) is 5.28. The van der Waals surface area contributed by atoms with Crippen molar-refractivity contribution in [2.75, 3.05) is 39.3 Å². The molecule has 160 valence electrons. The van der Waals surface area contributed by atoms with Crippen LogP contribution in [0.15, 0.2) is 64.4 Å². The fourth-order valence-corrected chi connectivity index (χ4v) is 3.59. The Balaban J connectivity index is 1.63. The molecule has 0 saturated carbocycles. The molecule has 2 aromatic carbocycles. The minimum absolute atomic E-state index is 0.0265. The minimum atomic E-state index is -0.465. The summed E-state index contributed by atoms with van der Waals surface area (Å²) in [6, 6.07) is 15.4. The predicted molar refractivity (Wildman–Crippen MR) is 120 cm³/mol. The Labute approximate surface area is 179 Å². The zero-order valence-corrected chi connectivity index (χ0v) is 17.0. The molecule has 9 heteroatoms. The van der Waals surface area contributed by atoms with E-state index in [4.69, 9.17) is 0 Å². The third-order valence-corrected chi connectivity index (χ3v) is 5.28. The lowest BCUT2D eigenvalue weighted by Gasteiger charge is -2.26. The van der Waals surface area contributed by atoms with Crippen LogP contribution in [0.2, 0.25) is 0 Å². The van der Waals surface area contributed by atoms with E-state index < -0.39 is 4.92 Å². The first-order chi connectivity index (χ1) is 15.1. The molecular weight excluding hydrogens is 396 g/mol.